The highest BCUT2D eigenvalue weighted by Gasteiger charge is 2.06. The van der Waals surface area contributed by atoms with Gasteiger partial charge in [-0.15, -0.1) is 0 Å². The first-order valence-corrected chi connectivity index (χ1v) is 7.61. The molecule has 128 valence electrons. The Balaban J connectivity index is 1.81. The highest BCUT2D eigenvalue weighted by molar-refractivity contribution is 5.95. The number of anilines is 2. The van der Waals surface area contributed by atoms with E-state index >= 15 is 0 Å². The third-order valence-corrected chi connectivity index (χ3v) is 3.24. The Morgan fingerprint density at radius 2 is 1.75 bits per heavy atom. The minimum atomic E-state index is -0.153. The van der Waals surface area contributed by atoms with E-state index in [-0.39, 0.29) is 12.5 Å². The molecule has 0 saturated carbocycles. The third kappa shape index (κ3) is 5.48. The minimum Gasteiger partial charge on any atom is -0.495 e. The van der Waals surface area contributed by atoms with Crippen LogP contribution in [-0.4, -0.2) is 39.9 Å². The molecule has 0 aliphatic carbocycles. The number of nitrogens with one attached hydrogen (secondary N) is 2. The van der Waals surface area contributed by atoms with Gasteiger partial charge in [0.2, 0.25) is 5.91 Å². The van der Waals surface area contributed by atoms with Crippen molar-refractivity contribution >= 4 is 17.3 Å². The van der Waals surface area contributed by atoms with Gasteiger partial charge >= 0.3 is 0 Å². The molecule has 0 heterocycles. The molecule has 2 aromatic carbocycles. The number of hydrogen-bond acceptors (Lipinski definition) is 5. The van der Waals surface area contributed by atoms with Crippen LogP contribution in [0.15, 0.2) is 48.5 Å². The molecule has 0 unspecified atom stereocenters. The van der Waals surface area contributed by atoms with Crippen molar-refractivity contribution in [2.75, 3.05) is 44.6 Å². The number of carbonyl (C=O) groups excluding carboxylic acids is 1. The SMILES string of the molecule is COCCOc1ccc(NCC(=O)Nc2ccccc2OC)cc1. The van der Waals surface area contributed by atoms with Gasteiger partial charge in [0.15, 0.2) is 0 Å². The molecule has 0 atom stereocenters. The van der Waals surface area contributed by atoms with E-state index in [1.807, 2.05) is 36.4 Å². The molecule has 6 nitrogen and oxygen atoms in total. The summed E-state index contributed by atoms with van der Waals surface area (Å²) >= 11 is 0. The maximum Gasteiger partial charge on any atom is 0.243 e. The van der Waals surface area contributed by atoms with Crippen LogP contribution in [0.5, 0.6) is 11.5 Å². The molecule has 0 fully saturated rings. The zero-order valence-electron chi connectivity index (χ0n) is 13.9. The first-order chi connectivity index (χ1) is 11.7. The van der Waals surface area contributed by atoms with Crippen molar-refractivity contribution in [3.63, 3.8) is 0 Å². The van der Waals surface area contributed by atoms with Gasteiger partial charge in [0.1, 0.15) is 18.1 Å². The van der Waals surface area contributed by atoms with Crippen molar-refractivity contribution in [2.45, 2.75) is 0 Å². The minimum absolute atomic E-state index is 0.153. The number of methoxy groups -OCH3 is 2. The van der Waals surface area contributed by atoms with Gasteiger partial charge < -0.3 is 24.8 Å². The molecule has 0 bridgehead atoms. The molecule has 0 radical (unpaired) electrons. The fraction of sp³-hybridized carbons (Fsp3) is 0.278. The van der Waals surface area contributed by atoms with Crippen LogP contribution in [-0.2, 0) is 9.53 Å². The number of para-hydroxylation sites is 2. The molecule has 0 saturated heterocycles. The van der Waals surface area contributed by atoms with E-state index < -0.39 is 0 Å². The van der Waals surface area contributed by atoms with Gasteiger partial charge in [0, 0.05) is 12.8 Å². The molecule has 0 aromatic heterocycles. The number of hydrogen-bond donors (Lipinski definition) is 2. The molecular formula is C18H22N2O4. The van der Waals surface area contributed by atoms with Gasteiger partial charge in [-0.1, -0.05) is 12.1 Å². The molecular weight excluding hydrogens is 308 g/mol. The van der Waals surface area contributed by atoms with Gasteiger partial charge in [0.25, 0.3) is 0 Å². The topological polar surface area (TPSA) is 68.8 Å². The summed E-state index contributed by atoms with van der Waals surface area (Å²) in [6.07, 6.45) is 0. The number of ether oxygens (including phenoxy) is 3. The summed E-state index contributed by atoms with van der Waals surface area (Å²) in [5.74, 6) is 1.24. The number of carbonyl (C=O) groups is 1. The van der Waals surface area contributed by atoms with Crippen LogP contribution >= 0.6 is 0 Å². The Bertz CT molecular complexity index is 644. The van der Waals surface area contributed by atoms with Crippen molar-refractivity contribution in [3.8, 4) is 11.5 Å². The first kappa shape index (κ1) is 17.6. The first-order valence-electron chi connectivity index (χ1n) is 7.61. The summed E-state index contributed by atoms with van der Waals surface area (Å²) in [6, 6.07) is 14.7. The molecule has 1 amide bonds. The predicted molar refractivity (Wildman–Crippen MR) is 93.9 cm³/mol. The lowest BCUT2D eigenvalue weighted by Gasteiger charge is -2.11. The van der Waals surface area contributed by atoms with Crippen LogP contribution in [0.2, 0.25) is 0 Å². The van der Waals surface area contributed by atoms with Crippen LogP contribution in [0.25, 0.3) is 0 Å². The van der Waals surface area contributed by atoms with Crippen LogP contribution in [0.4, 0.5) is 11.4 Å². The molecule has 24 heavy (non-hydrogen) atoms. The van der Waals surface area contributed by atoms with E-state index in [0.717, 1.165) is 11.4 Å². The van der Waals surface area contributed by atoms with Gasteiger partial charge in [-0.2, -0.15) is 0 Å². The van der Waals surface area contributed by atoms with Crippen LogP contribution < -0.4 is 20.1 Å². The Morgan fingerprint density at radius 3 is 2.46 bits per heavy atom. The molecule has 6 heteroatoms. The quantitative estimate of drug-likeness (QED) is 0.692. The number of benzene rings is 2. The summed E-state index contributed by atoms with van der Waals surface area (Å²) in [5.41, 5.74) is 1.48. The monoisotopic (exact) mass is 330 g/mol. The van der Waals surface area contributed by atoms with Gasteiger partial charge in [-0.3, -0.25) is 4.79 Å². The van der Waals surface area contributed by atoms with E-state index in [2.05, 4.69) is 10.6 Å². The predicted octanol–water partition coefficient (Wildman–Crippen LogP) is 2.77. The van der Waals surface area contributed by atoms with E-state index in [4.69, 9.17) is 14.2 Å². The summed E-state index contributed by atoms with van der Waals surface area (Å²) in [6.45, 7) is 1.20. The molecule has 2 rings (SSSR count). The van der Waals surface area contributed by atoms with Crippen molar-refractivity contribution in [1.29, 1.82) is 0 Å². The lowest BCUT2D eigenvalue weighted by Crippen LogP contribution is -2.22. The van der Waals surface area contributed by atoms with Gasteiger partial charge in [-0.05, 0) is 36.4 Å². The van der Waals surface area contributed by atoms with Crippen molar-refractivity contribution in [1.82, 2.24) is 0 Å². The zero-order chi connectivity index (χ0) is 17.2. The standard InChI is InChI=1S/C18H22N2O4/c1-22-11-12-24-15-9-7-14(8-10-15)19-13-18(21)20-16-5-3-4-6-17(16)23-2/h3-10,19H,11-13H2,1-2H3,(H,20,21). The maximum absolute atomic E-state index is 12.0. The van der Waals surface area contributed by atoms with E-state index in [0.29, 0.717) is 24.7 Å². The van der Waals surface area contributed by atoms with Crippen LogP contribution in [0, 0.1) is 0 Å². The average molecular weight is 330 g/mol. The van der Waals surface area contributed by atoms with E-state index in [1.54, 1.807) is 26.4 Å². The molecule has 0 aliphatic heterocycles. The third-order valence-electron chi connectivity index (χ3n) is 3.24. The van der Waals surface area contributed by atoms with Crippen LogP contribution in [0.3, 0.4) is 0 Å². The molecule has 2 N–H and O–H groups in total. The van der Waals surface area contributed by atoms with Crippen molar-refractivity contribution < 1.29 is 19.0 Å². The molecule has 2 aromatic rings. The molecule has 0 aliphatic rings. The summed E-state index contributed by atoms with van der Waals surface area (Å²) in [5, 5.41) is 5.88. The van der Waals surface area contributed by atoms with E-state index in [9.17, 15) is 4.79 Å². The number of rotatable bonds is 9. The second-order valence-corrected chi connectivity index (χ2v) is 4.97. The average Bonchev–Trinajstić information content (AvgIpc) is 2.62. The molecule has 0 spiro atoms. The summed E-state index contributed by atoms with van der Waals surface area (Å²) in [4.78, 5) is 12.0. The number of amides is 1. The lowest BCUT2D eigenvalue weighted by atomic mass is 10.3. The Kier molecular flexibility index (Phi) is 6.91. The highest BCUT2D eigenvalue weighted by atomic mass is 16.5. The normalized spacial score (nSPS) is 10.1. The lowest BCUT2D eigenvalue weighted by molar-refractivity contribution is -0.114. The Morgan fingerprint density at radius 1 is 1.00 bits per heavy atom. The Hall–Kier alpha value is -2.73. The van der Waals surface area contributed by atoms with E-state index in [1.165, 1.54) is 0 Å². The smallest absolute Gasteiger partial charge is 0.243 e. The van der Waals surface area contributed by atoms with Crippen molar-refractivity contribution in [2.24, 2.45) is 0 Å². The zero-order valence-corrected chi connectivity index (χ0v) is 13.9. The Labute approximate surface area is 141 Å². The summed E-state index contributed by atoms with van der Waals surface area (Å²) < 4.78 is 15.6. The second-order valence-electron chi connectivity index (χ2n) is 4.97. The highest BCUT2D eigenvalue weighted by Crippen LogP contribution is 2.22. The van der Waals surface area contributed by atoms with Gasteiger partial charge in [-0.25, -0.2) is 0 Å². The second kappa shape index (κ2) is 9.42. The fourth-order valence-corrected chi connectivity index (χ4v) is 2.04. The largest absolute Gasteiger partial charge is 0.495 e. The van der Waals surface area contributed by atoms with Crippen LogP contribution in [0.1, 0.15) is 0 Å². The fourth-order valence-electron chi connectivity index (χ4n) is 2.04. The maximum atomic E-state index is 12.0. The van der Waals surface area contributed by atoms with Crippen molar-refractivity contribution in [3.05, 3.63) is 48.5 Å². The van der Waals surface area contributed by atoms with Gasteiger partial charge in [0.05, 0.1) is 25.9 Å². The summed E-state index contributed by atoms with van der Waals surface area (Å²) in [7, 11) is 3.20.